The van der Waals surface area contributed by atoms with Crippen molar-refractivity contribution in [3.63, 3.8) is 0 Å². The van der Waals surface area contributed by atoms with Gasteiger partial charge in [0.25, 0.3) is 15.0 Å². The van der Waals surface area contributed by atoms with E-state index in [9.17, 15) is 13.2 Å². The third kappa shape index (κ3) is 3.09. The number of rotatable bonds is 4. The van der Waals surface area contributed by atoms with Crippen molar-refractivity contribution in [1.82, 2.24) is 4.90 Å². The van der Waals surface area contributed by atoms with Crippen molar-refractivity contribution in [3.05, 3.63) is 29.3 Å². The second-order valence-corrected chi connectivity index (χ2v) is 7.30. The van der Waals surface area contributed by atoms with E-state index < -0.39 is 9.05 Å². The molecule has 0 unspecified atom stereocenters. The van der Waals surface area contributed by atoms with Crippen LogP contribution in [0.1, 0.15) is 35.7 Å². The quantitative estimate of drug-likeness (QED) is 0.803. The molecule has 1 saturated carbocycles. The lowest BCUT2D eigenvalue weighted by molar-refractivity contribution is 0.0785. The van der Waals surface area contributed by atoms with E-state index in [1.54, 1.807) is 24.1 Å². The van der Waals surface area contributed by atoms with E-state index in [0.29, 0.717) is 17.5 Å². The fourth-order valence-electron chi connectivity index (χ4n) is 2.04. The fourth-order valence-corrected chi connectivity index (χ4v) is 3.26. The van der Waals surface area contributed by atoms with Gasteiger partial charge in [0.1, 0.15) is 0 Å². The number of nitrogens with zero attached hydrogens (tertiary/aromatic N) is 1. The highest BCUT2D eigenvalue weighted by Crippen LogP contribution is 2.28. The van der Waals surface area contributed by atoms with E-state index in [4.69, 9.17) is 10.7 Å². The van der Waals surface area contributed by atoms with Gasteiger partial charge >= 0.3 is 0 Å². The van der Waals surface area contributed by atoms with Crippen LogP contribution >= 0.6 is 10.7 Å². The van der Waals surface area contributed by atoms with E-state index in [1.807, 2.05) is 6.92 Å². The number of carbonyl (C=O) groups is 1. The van der Waals surface area contributed by atoms with E-state index in [-0.39, 0.29) is 16.8 Å². The zero-order valence-electron chi connectivity index (χ0n) is 10.9. The van der Waals surface area contributed by atoms with Gasteiger partial charge < -0.3 is 4.90 Å². The van der Waals surface area contributed by atoms with Crippen molar-refractivity contribution in [3.8, 4) is 0 Å². The molecule has 0 bridgehead atoms. The van der Waals surface area contributed by atoms with E-state index >= 15 is 0 Å². The van der Waals surface area contributed by atoms with Gasteiger partial charge in [0.2, 0.25) is 0 Å². The van der Waals surface area contributed by atoms with Crippen LogP contribution in [0.25, 0.3) is 0 Å². The Hall–Kier alpha value is -1.07. The SMILES string of the molecule is CCc1ccc(C(=O)N(C)C2CC2)cc1S(=O)(=O)Cl. The van der Waals surface area contributed by atoms with Crippen molar-refractivity contribution in [2.45, 2.75) is 37.1 Å². The maximum Gasteiger partial charge on any atom is 0.261 e. The summed E-state index contributed by atoms with van der Waals surface area (Å²) < 4.78 is 23.1. The lowest BCUT2D eigenvalue weighted by Crippen LogP contribution is -2.28. The molecule has 0 spiro atoms. The van der Waals surface area contributed by atoms with Crippen LogP contribution in [0.4, 0.5) is 0 Å². The van der Waals surface area contributed by atoms with Gasteiger partial charge in [-0.15, -0.1) is 0 Å². The molecule has 4 nitrogen and oxygen atoms in total. The Morgan fingerprint density at radius 1 is 1.42 bits per heavy atom. The number of benzene rings is 1. The summed E-state index contributed by atoms with van der Waals surface area (Å²) in [4.78, 5) is 13.9. The highest BCUT2D eigenvalue weighted by molar-refractivity contribution is 8.13. The molecular weight excluding hydrogens is 286 g/mol. The predicted octanol–water partition coefficient (Wildman–Crippen LogP) is 2.41. The predicted molar refractivity (Wildman–Crippen MR) is 74.0 cm³/mol. The molecule has 2 rings (SSSR count). The Bertz CT molecular complexity index is 608. The molecule has 104 valence electrons. The first-order chi connectivity index (χ1) is 8.84. The molecule has 1 fully saturated rings. The lowest BCUT2D eigenvalue weighted by Gasteiger charge is -2.17. The Morgan fingerprint density at radius 3 is 2.53 bits per heavy atom. The molecule has 1 aromatic carbocycles. The number of hydrogen-bond acceptors (Lipinski definition) is 3. The van der Waals surface area contributed by atoms with Crippen LogP contribution in [0.2, 0.25) is 0 Å². The standard InChI is InChI=1S/C13H16ClNO3S/c1-3-9-4-5-10(8-12(9)19(14,17)18)13(16)15(2)11-6-7-11/h4-5,8,11H,3,6-7H2,1-2H3. The molecule has 1 aromatic rings. The number of aryl methyl sites for hydroxylation is 1. The Morgan fingerprint density at radius 2 is 2.05 bits per heavy atom. The monoisotopic (exact) mass is 301 g/mol. The zero-order valence-corrected chi connectivity index (χ0v) is 12.5. The lowest BCUT2D eigenvalue weighted by atomic mass is 10.1. The summed E-state index contributed by atoms with van der Waals surface area (Å²) >= 11 is 0. The third-order valence-corrected chi connectivity index (χ3v) is 4.78. The second-order valence-electron chi connectivity index (χ2n) is 4.76. The average molecular weight is 302 g/mol. The van der Waals surface area contributed by atoms with Gasteiger partial charge in [-0.1, -0.05) is 13.0 Å². The van der Waals surface area contributed by atoms with E-state index in [1.165, 1.54) is 6.07 Å². The summed E-state index contributed by atoms with van der Waals surface area (Å²) in [6.07, 6.45) is 2.57. The summed E-state index contributed by atoms with van der Waals surface area (Å²) in [5.41, 5.74) is 0.992. The maximum atomic E-state index is 12.2. The van der Waals surface area contributed by atoms with Crippen molar-refractivity contribution in [2.24, 2.45) is 0 Å². The maximum absolute atomic E-state index is 12.2. The second kappa shape index (κ2) is 5.13. The van der Waals surface area contributed by atoms with E-state index in [0.717, 1.165) is 12.8 Å². The van der Waals surface area contributed by atoms with Crippen LogP contribution in [-0.2, 0) is 15.5 Å². The fraction of sp³-hybridized carbons (Fsp3) is 0.462. The summed E-state index contributed by atoms with van der Waals surface area (Å²) in [5.74, 6) is -0.160. The van der Waals surface area contributed by atoms with Gasteiger partial charge in [-0.05, 0) is 37.0 Å². The largest absolute Gasteiger partial charge is 0.339 e. The molecule has 0 N–H and O–H groups in total. The Labute approximate surface area is 117 Å². The smallest absolute Gasteiger partial charge is 0.261 e. The normalized spacial score (nSPS) is 15.3. The molecule has 1 aliphatic carbocycles. The highest BCUT2D eigenvalue weighted by atomic mass is 35.7. The van der Waals surface area contributed by atoms with Gasteiger partial charge in [0, 0.05) is 29.3 Å². The van der Waals surface area contributed by atoms with Gasteiger partial charge in [-0.2, -0.15) is 0 Å². The molecule has 0 heterocycles. The minimum absolute atomic E-state index is 0.0340. The number of amides is 1. The summed E-state index contributed by atoms with van der Waals surface area (Å²) in [5, 5.41) is 0. The molecule has 6 heteroatoms. The van der Waals surface area contributed by atoms with Gasteiger partial charge in [-0.25, -0.2) is 8.42 Å². The third-order valence-electron chi connectivity index (χ3n) is 3.37. The molecule has 1 amide bonds. The topological polar surface area (TPSA) is 54.5 Å². The number of carbonyl (C=O) groups excluding carboxylic acids is 1. The minimum atomic E-state index is -3.83. The molecular formula is C13H16ClNO3S. The van der Waals surface area contributed by atoms with Crippen LogP contribution in [-0.4, -0.2) is 32.3 Å². The number of hydrogen-bond donors (Lipinski definition) is 0. The highest BCUT2D eigenvalue weighted by Gasteiger charge is 2.30. The van der Waals surface area contributed by atoms with Crippen molar-refractivity contribution < 1.29 is 13.2 Å². The minimum Gasteiger partial charge on any atom is -0.339 e. The van der Waals surface area contributed by atoms with Crippen molar-refractivity contribution in [2.75, 3.05) is 7.05 Å². The van der Waals surface area contributed by atoms with Crippen LogP contribution < -0.4 is 0 Å². The van der Waals surface area contributed by atoms with E-state index in [2.05, 4.69) is 0 Å². The van der Waals surface area contributed by atoms with Crippen LogP contribution in [0.3, 0.4) is 0 Å². The molecule has 19 heavy (non-hydrogen) atoms. The molecule has 0 radical (unpaired) electrons. The van der Waals surface area contributed by atoms with Gasteiger partial charge in [0.05, 0.1) is 4.90 Å². The van der Waals surface area contributed by atoms with Crippen molar-refractivity contribution >= 4 is 25.6 Å². The summed E-state index contributed by atoms with van der Waals surface area (Å²) in [6, 6.07) is 4.98. The molecule has 0 atom stereocenters. The first-order valence-electron chi connectivity index (χ1n) is 6.19. The Kier molecular flexibility index (Phi) is 3.87. The van der Waals surface area contributed by atoms with Gasteiger partial charge in [0.15, 0.2) is 0 Å². The summed E-state index contributed by atoms with van der Waals surface area (Å²) in [7, 11) is 3.33. The van der Waals surface area contributed by atoms with Crippen molar-refractivity contribution in [1.29, 1.82) is 0 Å². The average Bonchev–Trinajstić information content (AvgIpc) is 3.19. The Balaban J connectivity index is 2.40. The molecule has 0 aliphatic heterocycles. The molecule has 0 saturated heterocycles. The zero-order chi connectivity index (χ0) is 14.2. The molecule has 1 aliphatic rings. The van der Waals surface area contributed by atoms with Crippen LogP contribution in [0, 0.1) is 0 Å². The molecule has 0 aromatic heterocycles. The van der Waals surface area contributed by atoms with Gasteiger partial charge in [-0.3, -0.25) is 4.79 Å². The van der Waals surface area contributed by atoms with Crippen LogP contribution in [0.15, 0.2) is 23.1 Å². The first kappa shape index (κ1) is 14.3. The number of halogens is 1. The summed E-state index contributed by atoms with van der Waals surface area (Å²) in [6.45, 7) is 1.85. The first-order valence-corrected chi connectivity index (χ1v) is 8.50. The van der Waals surface area contributed by atoms with Crippen LogP contribution in [0.5, 0.6) is 0 Å².